The summed E-state index contributed by atoms with van der Waals surface area (Å²) < 4.78 is 38.2. The molecular weight excluding hydrogens is 325 g/mol. The van der Waals surface area contributed by atoms with E-state index in [1.54, 1.807) is 19.0 Å². The minimum Gasteiger partial charge on any atom is -0.361 e. The first-order valence-electron chi connectivity index (χ1n) is 7.54. The molecule has 10 heteroatoms. The maximum Gasteiger partial charge on any atom is 0.403 e. The van der Waals surface area contributed by atoms with Crippen LogP contribution < -0.4 is 10.2 Å². The highest BCUT2D eigenvalue weighted by Crippen LogP contribution is 2.25. The summed E-state index contributed by atoms with van der Waals surface area (Å²) in [5.74, 6) is 0.558. The molecule has 0 aliphatic carbocycles. The van der Waals surface area contributed by atoms with Gasteiger partial charge in [0.15, 0.2) is 5.82 Å². The van der Waals surface area contributed by atoms with Gasteiger partial charge in [0, 0.05) is 40.3 Å². The standard InChI is InChI=1S/C14H21F3N6O/c1-10(14(15,16)17)22-4-6-23(7-5-22)13(24)20-11-8-18-9-19-12(11)21(2)3/h8-10H,4-7H2,1-3H3,(H,20,24). The number of rotatable bonds is 3. The van der Waals surface area contributed by atoms with Gasteiger partial charge in [0.1, 0.15) is 18.1 Å². The van der Waals surface area contributed by atoms with E-state index in [0.29, 0.717) is 11.5 Å². The summed E-state index contributed by atoms with van der Waals surface area (Å²) in [6, 6.07) is -1.88. The van der Waals surface area contributed by atoms with Crippen molar-refractivity contribution in [3.05, 3.63) is 12.5 Å². The van der Waals surface area contributed by atoms with Gasteiger partial charge in [0.05, 0.1) is 6.20 Å². The predicted molar refractivity (Wildman–Crippen MR) is 84.0 cm³/mol. The Kier molecular flexibility index (Phi) is 5.47. The van der Waals surface area contributed by atoms with Crippen LogP contribution in [0.5, 0.6) is 0 Å². The number of piperazine rings is 1. The number of alkyl halides is 3. The lowest BCUT2D eigenvalue weighted by molar-refractivity contribution is -0.181. The molecule has 1 saturated heterocycles. The van der Waals surface area contributed by atoms with E-state index in [9.17, 15) is 18.0 Å². The summed E-state index contributed by atoms with van der Waals surface area (Å²) in [5, 5.41) is 2.72. The molecule has 0 aromatic carbocycles. The number of anilines is 2. The Morgan fingerprint density at radius 1 is 1.29 bits per heavy atom. The Morgan fingerprint density at radius 3 is 2.46 bits per heavy atom. The smallest absolute Gasteiger partial charge is 0.361 e. The number of carbonyl (C=O) groups excluding carboxylic acids is 1. The van der Waals surface area contributed by atoms with Crippen LogP contribution in [0.4, 0.5) is 29.5 Å². The minimum absolute atomic E-state index is 0.180. The van der Waals surface area contributed by atoms with Crippen molar-refractivity contribution in [1.29, 1.82) is 0 Å². The van der Waals surface area contributed by atoms with E-state index < -0.39 is 12.2 Å². The SMILES string of the molecule is CC(N1CCN(C(=O)Nc2cncnc2N(C)C)CC1)C(F)(F)F. The first-order chi connectivity index (χ1) is 11.2. The quantitative estimate of drug-likeness (QED) is 0.901. The van der Waals surface area contributed by atoms with E-state index in [0.717, 1.165) is 6.92 Å². The van der Waals surface area contributed by atoms with Crippen molar-refractivity contribution in [2.45, 2.75) is 19.1 Å². The number of urea groups is 1. The van der Waals surface area contributed by atoms with E-state index >= 15 is 0 Å². The Hall–Kier alpha value is -2.10. The number of amides is 2. The van der Waals surface area contributed by atoms with Crippen LogP contribution in [-0.2, 0) is 0 Å². The van der Waals surface area contributed by atoms with Gasteiger partial charge < -0.3 is 15.1 Å². The maximum absolute atomic E-state index is 12.7. The van der Waals surface area contributed by atoms with E-state index in [4.69, 9.17) is 0 Å². The largest absolute Gasteiger partial charge is 0.403 e. The van der Waals surface area contributed by atoms with Crippen LogP contribution in [0.2, 0.25) is 0 Å². The number of hydrogen-bond acceptors (Lipinski definition) is 5. The molecule has 134 valence electrons. The maximum atomic E-state index is 12.7. The molecule has 2 amide bonds. The molecule has 1 aliphatic heterocycles. The fraction of sp³-hybridized carbons (Fsp3) is 0.643. The molecule has 1 N–H and O–H groups in total. The van der Waals surface area contributed by atoms with Gasteiger partial charge in [-0.05, 0) is 6.92 Å². The van der Waals surface area contributed by atoms with Crippen molar-refractivity contribution in [2.24, 2.45) is 0 Å². The molecule has 2 rings (SSSR count). The third kappa shape index (κ3) is 4.25. The summed E-state index contributed by atoms with van der Waals surface area (Å²) in [4.78, 5) is 24.8. The van der Waals surface area contributed by atoms with Crippen molar-refractivity contribution < 1.29 is 18.0 Å². The van der Waals surface area contributed by atoms with Crippen LogP contribution in [-0.4, -0.2) is 78.3 Å². The zero-order valence-corrected chi connectivity index (χ0v) is 13.8. The number of halogens is 3. The van der Waals surface area contributed by atoms with Gasteiger partial charge in [-0.25, -0.2) is 14.8 Å². The highest BCUT2D eigenvalue weighted by molar-refractivity contribution is 5.92. The third-order valence-corrected chi connectivity index (χ3v) is 3.98. The van der Waals surface area contributed by atoms with E-state index in [1.807, 2.05) is 0 Å². The van der Waals surface area contributed by atoms with E-state index in [2.05, 4.69) is 15.3 Å². The molecule has 0 bridgehead atoms. The lowest BCUT2D eigenvalue weighted by Gasteiger charge is -2.38. The molecular formula is C14H21F3N6O. The molecule has 0 saturated carbocycles. The summed E-state index contributed by atoms with van der Waals surface area (Å²) in [6.45, 7) is 1.97. The van der Waals surface area contributed by atoms with Crippen molar-refractivity contribution in [3.8, 4) is 0 Å². The first-order valence-corrected chi connectivity index (χ1v) is 7.54. The second-order valence-electron chi connectivity index (χ2n) is 5.83. The van der Waals surface area contributed by atoms with Crippen LogP contribution in [0.15, 0.2) is 12.5 Å². The Morgan fingerprint density at radius 2 is 1.92 bits per heavy atom. The number of carbonyl (C=O) groups is 1. The lowest BCUT2D eigenvalue weighted by Crippen LogP contribution is -2.55. The average molecular weight is 346 g/mol. The van der Waals surface area contributed by atoms with Gasteiger partial charge in [-0.3, -0.25) is 4.90 Å². The molecule has 1 aromatic heterocycles. The number of nitrogens with one attached hydrogen (secondary N) is 1. The van der Waals surface area contributed by atoms with Gasteiger partial charge in [-0.2, -0.15) is 13.2 Å². The fourth-order valence-corrected chi connectivity index (χ4v) is 2.48. The Balaban J connectivity index is 1.94. The highest BCUT2D eigenvalue weighted by atomic mass is 19.4. The molecule has 0 radical (unpaired) electrons. The van der Waals surface area contributed by atoms with Crippen molar-refractivity contribution in [3.63, 3.8) is 0 Å². The van der Waals surface area contributed by atoms with Crippen molar-refractivity contribution in [2.75, 3.05) is 50.5 Å². The number of nitrogens with zero attached hydrogens (tertiary/aromatic N) is 5. The van der Waals surface area contributed by atoms with E-state index in [-0.39, 0.29) is 32.2 Å². The van der Waals surface area contributed by atoms with Crippen molar-refractivity contribution >= 4 is 17.5 Å². The van der Waals surface area contributed by atoms with Gasteiger partial charge in [0.2, 0.25) is 0 Å². The highest BCUT2D eigenvalue weighted by Gasteiger charge is 2.41. The van der Waals surface area contributed by atoms with Crippen LogP contribution in [0.25, 0.3) is 0 Å². The Labute approximate surface area is 138 Å². The number of hydrogen-bond donors (Lipinski definition) is 1. The molecule has 2 heterocycles. The van der Waals surface area contributed by atoms with Crippen LogP contribution >= 0.6 is 0 Å². The zero-order valence-electron chi connectivity index (χ0n) is 13.8. The summed E-state index contributed by atoms with van der Waals surface area (Å²) in [5.41, 5.74) is 0.457. The zero-order chi connectivity index (χ0) is 17.9. The average Bonchev–Trinajstić information content (AvgIpc) is 2.53. The summed E-state index contributed by atoms with van der Waals surface area (Å²) in [6.07, 6.45) is -1.39. The summed E-state index contributed by atoms with van der Waals surface area (Å²) in [7, 11) is 3.57. The van der Waals surface area contributed by atoms with Crippen LogP contribution in [0.1, 0.15) is 6.92 Å². The molecule has 24 heavy (non-hydrogen) atoms. The third-order valence-electron chi connectivity index (χ3n) is 3.98. The molecule has 0 spiro atoms. The van der Waals surface area contributed by atoms with Gasteiger partial charge in [-0.15, -0.1) is 0 Å². The molecule has 1 aliphatic rings. The van der Waals surface area contributed by atoms with Crippen LogP contribution in [0, 0.1) is 0 Å². The van der Waals surface area contributed by atoms with E-state index in [1.165, 1.54) is 22.3 Å². The molecule has 1 unspecified atom stereocenters. The molecule has 7 nitrogen and oxygen atoms in total. The predicted octanol–water partition coefficient (Wildman–Crippen LogP) is 1.64. The second kappa shape index (κ2) is 7.20. The normalized spacial score (nSPS) is 17.5. The van der Waals surface area contributed by atoms with Gasteiger partial charge in [-0.1, -0.05) is 0 Å². The summed E-state index contributed by atoms with van der Waals surface area (Å²) >= 11 is 0. The second-order valence-corrected chi connectivity index (χ2v) is 5.83. The first kappa shape index (κ1) is 18.2. The topological polar surface area (TPSA) is 64.6 Å². The van der Waals surface area contributed by atoms with Crippen molar-refractivity contribution in [1.82, 2.24) is 19.8 Å². The fourth-order valence-electron chi connectivity index (χ4n) is 2.48. The van der Waals surface area contributed by atoms with Gasteiger partial charge in [0.25, 0.3) is 0 Å². The lowest BCUT2D eigenvalue weighted by atomic mass is 10.2. The molecule has 1 atom stereocenters. The molecule has 1 aromatic rings. The monoisotopic (exact) mass is 346 g/mol. The number of aromatic nitrogens is 2. The molecule has 1 fully saturated rings. The Bertz CT molecular complexity index is 572. The van der Waals surface area contributed by atoms with Crippen LogP contribution in [0.3, 0.4) is 0 Å². The minimum atomic E-state index is -4.26. The van der Waals surface area contributed by atoms with Gasteiger partial charge >= 0.3 is 12.2 Å².